The van der Waals surface area contributed by atoms with Crippen LogP contribution >= 0.6 is 11.6 Å². The second-order valence-electron chi connectivity index (χ2n) is 6.29. The first-order valence-corrected chi connectivity index (χ1v) is 10.5. The topological polar surface area (TPSA) is 75.7 Å². The lowest BCUT2D eigenvalue weighted by molar-refractivity contribution is 0.0757. The van der Waals surface area contributed by atoms with Gasteiger partial charge in [0.25, 0.3) is 5.91 Å². The van der Waals surface area contributed by atoms with Gasteiger partial charge in [-0.2, -0.15) is 0 Å². The zero-order valence-corrected chi connectivity index (χ0v) is 16.2. The highest BCUT2D eigenvalue weighted by atomic mass is 35.5. The van der Waals surface area contributed by atoms with E-state index in [9.17, 15) is 13.2 Å². The number of ether oxygens (including phenoxy) is 1. The second kappa shape index (κ2) is 8.87. The Morgan fingerprint density at radius 2 is 2.12 bits per heavy atom. The summed E-state index contributed by atoms with van der Waals surface area (Å²) in [6.07, 6.45) is 2.31. The third-order valence-corrected chi connectivity index (χ3v) is 6.06. The lowest BCUT2D eigenvalue weighted by atomic mass is 10.1. The smallest absolute Gasteiger partial charge is 0.251 e. The maximum absolute atomic E-state index is 12.3. The van der Waals surface area contributed by atoms with E-state index in [1.54, 1.807) is 18.2 Å². The third kappa shape index (κ3) is 5.59. The van der Waals surface area contributed by atoms with E-state index < -0.39 is 10.0 Å². The number of hydrogen-bond donors (Lipinski definition) is 1. The van der Waals surface area contributed by atoms with E-state index in [4.69, 9.17) is 16.3 Å². The van der Waals surface area contributed by atoms with Gasteiger partial charge in [-0.1, -0.05) is 11.6 Å². The van der Waals surface area contributed by atoms with Crippen molar-refractivity contribution in [1.82, 2.24) is 5.32 Å². The molecule has 8 heteroatoms. The molecule has 1 heterocycles. The van der Waals surface area contributed by atoms with Crippen LogP contribution in [0.4, 0.5) is 5.69 Å². The van der Waals surface area contributed by atoms with Gasteiger partial charge in [-0.15, -0.1) is 0 Å². The van der Waals surface area contributed by atoms with Crippen molar-refractivity contribution >= 4 is 33.2 Å². The summed E-state index contributed by atoms with van der Waals surface area (Å²) in [7, 11) is -3.37. The van der Waals surface area contributed by atoms with Crippen LogP contribution in [0.3, 0.4) is 0 Å². The number of amides is 1. The molecule has 1 aromatic carbocycles. The first-order valence-electron chi connectivity index (χ1n) is 8.51. The van der Waals surface area contributed by atoms with E-state index in [0.29, 0.717) is 48.8 Å². The van der Waals surface area contributed by atoms with Gasteiger partial charge in [-0.25, -0.2) is 8.42 Å². The molecule has 1 N–H and O–H groups in total. The Hall–Kier alpha value is -1.31. The van der Waals surface area contributed by atoms with E-state index in [0.717, 1.165) is 6.42 Å². The quantitative estimate of drug-likeness (QED) is 0.729. The number of carbonyl (C=O) groups is 1. The Kier molecular flexibility index (Phi) is 7.10. The summed E-state index contributed by atoms with van der Waals surface area (Å²) in [6.45, 7) is 5.38. The summed E-state index contributed by atoms with van der Waals surface area (Å²) in [4.78, 5) is 12.3. The van der Waals surface area contributed by atoms with Gasteiger partial charge < -0.3 is 10.1 Å². The summed E-state index contributed by atoms with van der Waals surface area (Å²) < 4.78 is 31.3. The monoisotopic (exact) mass is 388 g/mol. The number of carbonyl (C=O) groups excluding carboxylic acids is 1. The molecular weight excluding hydrogens is 364 g/mol. The number of rotatable bonds is 7. The number of hydrogen-bond acceptors (Lipinski definition) is 4. The first kappa shape index (κ1) is 20.0. The highest BCUT2D eigenvalue weighted by molar-refractivity contribution is 7.92. The average molecular weight is 389 g/mol. The molecule has 0 unspecified atom stereocenters. The van der Waals surface area contributed by atoms with Gasteiger partial charge in [0.05, 0.1) is 22.6 Å². The van der Waals surface area contributed by atoms with Crippen molar-refractivity contribution < 1.29 is 17.9 Å². The van der Waals surface area contributed by atoms with Crippen molar-refractivity contribution in [1.29, 1.82) is 0 Å². The molecule has 1 aromatic rings. The minimum atomic E-state index is -3.37. The van der Waals surface area contributed by atoms with Gasteiger partial charge in [0.15, 0.2) is 0 Å². The molecular formula is C17H25ClN2O4S. The highest BCUT2D eigenvalue weighted by Gasteiger charge is 2.28. The van der Waals surface area contributed by atoms with Crippen LogP contribution in [0.2, 0.25) is 5.02 Å². The third-order valence-electron chi connectivity index (χ3n) is 3.88. The molecule has 0 spiro atoms. The molecule has 0 aliphatic carbocycles. The number of nitrogens with one attached hydrogen (secondary N) is 1. The van der Waals surface area contributed by atoms with E-state index >= 15 is 0 Å². The van der Waals surface area contributed by atoms with Crippen LogP contribution in [0.5, 0.6) is 0 Å². The minimum Gasteiger partial charge on any atom is -0.379 e. The molecule has 2 rings (SSSR count). The SMILES string of the molecule is CC(C)OCCCNC(=O)c1ccc(Cl)c(N2CCCCS2(=O)=O)c1. The van der Waals surface area contributed by atoms with Crippen LogP contribution in [0.25, 0.3) is 0 Å². The first-order chi connectivity index (χ1) is 11.8. The molecule has 0 atom stereocenters. The summed E-state index contributed by atoms with van der Waals surface area (Å²) >= 11 is 6.18. The van der Waals surface area contributed by atoms with Crippen LogP contribution in [0, 0.1) is 0 Å². The van der Waals surface area contributed by atoms with Crippen LogP contribution < -0.4 is 9.62 Å². The fourth-order valence-corrected chi connectivity index (χ4v) is 4.52. The lowest BCUT2D eigenvalue weighted by Gasteiger charge is -2.29. The summed E-state index contributed by atoms with van der Waals surface area (Å²) in [5.41, 5.74) is 0.766. The largest absolute Gasteiger partial charge is 0.379 e. The molecule has 1 aliphatic heterocycles. The zero-order valence-electron chi connectivity index (χ0n) is 14.6. The summed E-state index contributed by atoms with van der Waals surface area (Å²) in [5, 5.41) is 3.14. The molecule has 1 saturated heterocycles. The minimum absolute atomic E-state index is 0.107. The standard InChI is InChI=1S/C17H25ClN2O4S/c1-13(2)24-10-5-8-19-17(21)14-6-7-15(18)16(12-14)20-9-3-4-11-25(20,22)23/h6-7,12-13H,3-5,8-11H2,1-2H3,(H,19,21). The van der Waals surface area contributed by atoms with E-state index in [2.05, 4.69) is 5.32 Å². The average Bonchev–Trinajstić information content (AvgIpc) is 2.54. The van der Waals surface area contributed by atoms with E-state index in [1.165, 1.54) is 4.31 Å². The van der Waals surface area contributed by atoms with E-state index in [1.807, 2.05) is 13.8 Å². The second-order valence-corrected chi connectivity index (χ2v) is 8.71. The summed E-state index contributed by atoms with van der Waals surface area (Å²) in [6, 6.07) is 4.71. The van der Waals surface area contributed by atoms with Gasteiger partial charge in [-0.05, 0) is 51.3 Å². The molecule has 140 valence electrons. The lowest BCUT2D eigenvalue weighted by Crippen LogP contribution is -2.38. The van der Waals surface area contributed by atoms with Crippen molar-refractivity contribution in [3.63, 3.8) is 0 Å². The molecule has 0 aromatic heterocycles. The number of anilines is 1. The van der Waals surface area contributed by atoms with Crippen LogP contribution in [0.15, 0.2) is 18.2 Å². The van der Waals surface area contributed by atoms with Crippen molar-refractivity contribution in [2.75, 3.05) is 29.8 Å². The fourth-order valence-electron chi connectivity index (χ4n) is 2.60. The van der Waals surface area contributed by atoms with E-state index in [-0.39, 0.29) is 17.8 Å². The number of sulfonamides is 1. The van der Waals surface area contributed by atoms with Gasteiger partial charge in [0, 0.05) is 25.3 Å². The number of halogens is 1. The predicted molar refractivity (Wildman–Crippen MR) is 99.9 cm³/mol. The number of benzene rings is 1. The Labute approximate surface area is 154 Å². The predicted octanol–water partition coefficient (Wildman–Crippen LogP) is 2.81. The molecule has 0 bridgehead atoms. The zero-order chi connectivity index (χ0) is 18.4. The van der Waals surface area contributed by atoms with Gasteiger partial charge in [0.1, 0.15) is 0 Å². The van der Waals surface area contributed by atoms with Crippen LogP contribution in [-0.4, -0.2) is 45.9 Å². The molecule has 25 heavy (non-hydrogen) atoms. The molecule has 0 saturated carbocycles. The van der Waals surface area contributed by atoms with Gasteiger partial charge in [0.2, 0.25) is 10.0 Å². The molecule has 1 fully saturated rings. The Bertz CT molecular complexity index is 707. The van der Waals surface area contributed by atoms with Gasteiger partial charge in [-0.3, -0.25) is 9.10 Å². The number of nitrogens with zero attached hydrogens (tertiary/aromatic N) is 1. The molecule has 6 nitrogen and oxygen atoms in total. The normalized spacial score (nSPS) is 16.9. The highest BCUT2D eigenvalue weighted by Crippen LogP contribution is 2.31. The fraction of sp³-hybridized carbons (Fsp3) is 0.588. The Morgan fingerprint density at radius 1 is 1.36 bits per heavy atom. The maximum Gasteiger partial charge on any atom is 0.251 e. The molecule has 1 amide bonds. The van der Waals surface area contributed by atoms with Crippen LogP contribution in [0.1, 0.15) is 43.5 Å². The van der Waals surface area contributed by atoms with Gasteiger partial charge >= 0.3 is 0 Å². The Balaban J connectivity index is 2.04. The van der Waals surface area contributed by atoms with Crippen molar-refractivity contribution in [3.05, 3.63) is 28.8 Å². The Morgan fingerprint density at radius 3 is 2.80 bits per heavy atom. The van der Waals surface area contributed by atoms with Crippen molar-refractivity contribution in [2.24, 2.45) is 0 Å². The molecule has 1 aliphatic rings. The maximum atomic E-state index is 12.3. The molecule has 0 radical (unpaired) electrons. The van der Waals surface area contributed by atoms with Crippen LogP contribution in [-0.2, 0) is 14.8 Å². The van der Waals surface area contributed by atoms with Crippen molar-refractivity contribution in [2.45, 2.75) is 39.2 Å². The summed E-state index contributed by atoms with van der Waals surface area (Å²) in [5.74, 6) is -0.146. The van der Waals surface area contributed by atoms with Crippen molar-refractivity contribution in [3.8, 4) is 0 Å².